The molecule has 0 radical (unpaired) electrons. The fraction of sp³-hybridized carbons (Fsp3) is 1.00. The molecule has 0 aromatic heterocycles. The minimum absolute atomic E-state index is 0.101. The number of hydrogen-bond donors (Lipinski definition) is 0. The molecule has 1 heterocycles. The van der Waals surface area contributed by atoms with Gasteiger partial charge in [0.05, 0.1) is 0 Å². The van der Waals surface area contributed by atoms with Gasteiger partial charge in [0.1, 0.15) is 0 Å². The molecule has 7 unspecified atom stereocenters. The van der Waals surface area contributed by atoms with Gasteiger partial charge in [-0.25, -0.2) is 0 Å². The standard InChI is InChI=1S/C15H27N/c1-9(2)15-14-12-6-5-11(7-12)13(14)8-16(15)10(3)4/h9-15H,5-8H2,1-4H3/i5D,6D. The van der Waals surface area contributed by atoms with E-state index in [4.69, 9.17) is 2.74 Å². The molecule has 0 aromatic carbocycles. The van der Waals surface area contributed by atoms with Gasteiger partial charge in [0.15, 0.2) is 0 Å². The highest BCUT2D eigenvalue weighted by molar-refractivity contribution is 5.07. The van der Waals surface area contributed by atoms with Crippen LogP contribution >= 0.6 is 0 Å². The van der Waals surface area contributed by atoms with Crippen LogP contribution in [0.4, 0.5) is 0 Å². The number of fused-ring (bicyclic) bond motifs is 5. The number of rotatable bonds is 2. The van der Waals surface area contributed by atoms with E-state index < -0.39 is 0 Å². The summed E-state index contributed by atoms with van der Waals surface area (Å²) in [6.45, 7) is 10.5. The predicted octanol–water partition coefficient (Wildman–Crippen LogP) is 3.40. The minimum Gasteiger partial charge on any atom is -0.297 e. The van der Waals surface area contributed by atoms with E-state index in [2.05, 4.69) is 32.6 Å². The van der Waals surface area contributed by atoms with E-state index in [-0.39, 0.29) is 12.8 Å². The van der Waals surface area contributed by atoms with Crippen LogP contribution in [0.3, 0.4) is 0 Å². The third-order valence-corrected chi connectivity index (χ3v) is 5.23. The van der Waals surface area contributed by atoms with Crippen molar-refractivity contribution >= 4 is 0 Å². The van der Waals surface area contributed by atoms with Gasteiger partial charge in [0.2, 0.25) is 0 Å². The lowest BCUT2D eigenvalue weighted by atomic mass is 9.75. The lowest BCUT2D eigenvalue weighted by molar-refractivity contribution is 0.120. The zero-order valence-electron chi connectivity index (χ0n) is 13.1. The van der Waals surface area contributed by atoms with Gasteiger partial charge in [-0.1, -0.05) is 13.8 Å². The topological polar surface area (TPSA) is 3.24 Å². The number of nitrogens with zero attached hydrogens (tertiary/aromatic N) is 1. The molecule has 3 fully saturated rings. The molecule has 3 aliphatic rings. The maximum Gasteiger partial charge on any atom is 0.0270 e. The summed E-state index contributed by atoms with van der Waals surface area (Å²) < 4.78 is 16.5. The second-order valence-electron chi connectivity index (χ2n) is 6.71. The highest BCUT2D eigenvalue weighted by Gasteiger charge is 2.56. The van der Waals surface area contributed by atoms with E-state index in [1.807, 2.05) is 0 Å². The number of likely N-dealkylation sites (tertiary alicyclic amines) is 1. The Morgan fingerprint density at radius 2 is 1.81 bits per heavy atom. The number of hydrogen-bond acceptors (Lipinski definition) is 1. The van der Waals surface area contributed by atoms with E-state index in [0.29, 0.717) is 41.7 Å². The Hall–Kier alpha value is -0.0400. The molecule has 7 atom stereocenters. The van der Waals surface area contributed by atoms with Gasteiger partial charge in [0, 0.05) is 21.4 Å². The fourth-order valence-corrected chi connectivity index (χ4v) is 4.70. The molecule has 1 heteroatoms. The first-order valence-corrected chi connectivity index (χ1v) is 7.03. The molecule has 2 aliphatic carbocycles. The zero-order chi connectivity index (χ0) is 13.2. The molecule has 0 N–H and O–H groups in total. The maximum atomic E-state index is 8.28. The molecule has 92 valence electrons. The first-order valence-electron chi connectivity index (χ1n) is 8.19. The fourth-order valence-electron chi connectivity index (χ4n) is 4.70. The van der Waals surface area contributed by atoms with Crippen molar-refractivity contribution in [1.82, 2.24) is 4.90 Å². The Bertz CT molecular complexity index is 330. The smallest absolute Gasteiger partial charge is 0.0270 e. The van der Waals surface area contributed by atoms with Gasteiger partial charge in [-0.15, -0.1) is 0 Å². The summed E-state index contributed by atoms with van der Waals surface area (Å²) in [5.74, 6) is 3.14. The van der Waals surface area contributed by atoms with Crippen molar-refractivity contribution < 1.29 is 2.74 Å². The van der Waals surface area contributed by atoms with Gasteiger partial charge in [-0.3, -0.25) is 4.90 Å². The first kappa shape index (κ1) is 8.97. The molecule has 2 bridgehead atoms. The molecule has 1 nitrogen and oxygen atoms in total. The van der Waals surface area contributed by atoms with E-state index in [1.165, 1.54) is 13.0 Å². The van der Waals surface area contributed by atoms with Crippen LogP contribution in [-0.2, 0) is 0 Å². The van der Waals surface area contributed by atoms with Gasteiger partial charge in [-0.05, 0) is 62.7 Å². The summed E-state index contributed by atoms with van der Waals surface area (Å²) in [6.07, 6.45) is 0.966. The van der Waals surface area contributed by atoms with Crippen LogP contribution in [0.2, 0.25) is 0 Å². The summed E-state index contributed by atoms with van der Waals surface area (Å²) in [5.41, 5.74) is 0. The monoisotopic (exact) mass is 223 g/mol. The third kappa shape index (κ3) is 1.40. The highest BCUT2D eigenvalue weighted by atomic mass is 15.2. The Labute approximate surface area is 103 Å². The first-order chi connectivity index (χ1) is 8.43. The van der Waals surface area contributed by atoms with Crippen LogP contribution in [0.25, 0.3) is 0 Å². The lowest BCUT2D eigenvalue weighted by Crippen LogP contribution is -2.42. The van der Waals surface area contributed by atoms with Gasteiger partial charge in [0.25, 0.3) is 0 Å². The Balaban J connectivity index is 1.90. The predicted molar refractivity (Wildman–Crippen MR) is 68.3 cm³/mol. The maximum absolute atomic E-state index is 8.28. The van der Waals surface area contributed by atoms with Crippen LogP contribution in [0.1, 0.15) is 49.7 Å². The van der Waals surface area contributed by atoms with Crippen molar-refractivity contribution in [3.8, 4) is 0 Å². The summed E-state index contributed by atoms with van der Waals surface area (Å²) in [6, 6.07) is 1.26. The average molecular weight is 223 g/mol. The highest BCUT2D eigenvalue weighted by Crippen LogP contribution is 2.58. The van der Waals surface area contributed by atoms with Crippen LogP contribution in [-0.4, -0.2) is 23.5 Å². The van der Waals surface area contributed by atoms with Gasteiger partial charge >= 0.3 is 0 Å². The van der Waals surface area contributed by atoms with E-state index in [0.717, 1.165) is 0 Å². The van der Waals surface area contributed by atoms with Gasteiger partial charge < -0.3 is 0 Å². The summed E-state index contributed by atoms with van der Waals surface area (Å²) in [4.78, 5) is 2.67. The van der Waals surface area contributed by atoms with Crippen LogP contribution in [0.5, 0.6) is 0 Å². The van der Waals surface area contributed by atoms with Crippen molar-refractivity contribution in [3.05, 3.63) is 0 Å². The minimum atomic E-state index is -0.107. The quantitative estimate of drug-likeness (QED) is 0.693. The molecule has 1 aliphatic heterocycles. The van der Waals surface area contributed by atoms with E-state index in [9.17, 15) is 0 Å². The third-order valence-electron chi connectivity index (χ3n) is 5.23. The van der Waals surface area contributed by atoms with Crippen molar-refractivity contribution in [2.45, 2.75) is 59.0 Å². The SMILES string of the molecule is [2H]C1C([2H])C2CC1C1CN(C(C)C)C(C(C)C)C21. The second-order valence-corrected chi connectivity index (χ2v) is 6.71. The van der Waals surface area contributed by atoms with E-state index >= 15 is 0 Å². The second kappa shape index (κ2) is 3.73. The molecule has 3 rings (SSSR count). The Kier molecular flexibility index (Phi) is 2.09. The van der Waals surface area contributed by atoms with Crippen molar-refractivity contribution in [3.63, 3.8) is 0 Å². The summed E-state index contributed by atoms with van der Waals surface area (Å²) in [5, 5.41) is 0. The van der Waals surface area contributed by atoms with Crippen molar-refractivity contribution in [1.29, 1.82) is 0 Å². The average Bonchev–Trinajstić information content (AvgIpc) is 2.88. The molecule has 0 aromatic rings. The van der Waals surface area contributed by atoms with Crippen molar-refractivity contribution in [2.24, 2.45) is 29.6 Å². The Morgan fingerprint density at radius 1 is 1.12 bits per heavy atom. The molecular weight excluding hydrogens is 194 g/mol. The molecular formula is C15H27N. The summed E-state index contributed by atoms with van der Waals surface area (Å²) in [7, 11) is 0. The van der Waals surface area contributed by atoms with Crippen LogP contribution in [0.15, 0.2) is 0 Å². The molecule has 0 spiro atoms. The van der Waals surface area contributed by atoms with Crippen LogP contribution < -0.4 is 0 Å². The largest absolute Gasteiger partial charge is 0.297 e. The zero-order valence-corrected chi connectivity index (χ0v) is 11.1. The van der Waals surface area contributed by atoms with Gasteiger partial charge in [-0.2, -0.15) is 0 Å². The lowest BCUT2D eigenvalue weighted by Gasteiger charge is -2.36. The normalized spacial score (nSPS) is 58.2. The van der Waals surface area contributed by atoms with E-state index in [1.54, 1.807) is 0 Å². The molecule has 16 heavy (non-hydrogen) atoms. The Morgan fingerprint density at radius 3 is 2.44 bits per heavy atom. The molecule has 2 saturated carbocycles. The van der Waals surface area contributed by atoms with Crippen LogP contribution in [0, 0.1) is 29.6 Å². The molecule has 0 amide bonds. The van der Waals surface area contributed by atoms with Crippen molar-refractivity contribution in [2.75, 3.05) is 6.54 Å². The molecule has 1 saturated heterocycles. The summed E-state index contributed by atoms with van der Waals surface area (Å²) >= 11 is 0.